The molecule has 0 saturated carbocycles. The molecule has 8 heteroatoms. The van der Waals surface area contributed by atoms with Crippen LogP contribution in [0.5, 0.6) is 0 Å². The van der Waals surface area contributed by atoms with Gasteiger partial charge in [-0.1, -0.05) is 12.2 Å². The van der Waals surface area contributed by atoms with Crippen LogP contribution in [0.1, 0.15) is 6.04 Å². The molecule has 5 N–H and O–H groups in total. The molecule has 0 radical (unpaired) electrons. The van der Waals surface area contributed by atoms with Gasteiger partial charge in [-0.15, -0.1) is 6.58 Å². The number of nitrogens with two attached hydrogens (primary N) is 1. The summed E-state index contributed by atoms with van der Waals surface area (Å²) < 4.78 is 1.59. The van der Waals surface area contributed by atoms with Gasteiger partial charge in [0.05, 0.1) is 18.5 Å². The molecule has 21 heavy (non-hydrogen) atoms. The molecule has 2 aromatic heterocycles. The summed E-state index contributed by atoms with van der Waals surface area (Å²) in [5, 5.41) is 30.0. The van der Waals surface area contributed by atoms with E-state index in [0.717, 1.165) is 0 Å². The van der Waals surface area contributed by atoms with Gasteiger partial charge in [-0.2, -0.15) is 0 Å². The SMILES string of the molecule is C=C[C@@H](O)C1=C[C@@H](n2cnc3c(N)ncnc32)[C@H](O)[C@@H]1O. The molecular weight excluding hydrogens is 274 g/mol. The van der Waals surface area contributed by atoms with Gasteiger partial charge >= 0.3 is 0 Å². The molecule has 0 bridgehead atoms. The highest BCUT2D eigenvalue weighted by Crippen LogP contribution is 2.33. The minimum atomic E-state index is -1.18. The van der Waals surface area contributed by atoms with Gasteiger partial charge in [0, 0.05) is 0 Å². The van der Waals surface area contributed by atoms with E-state index >= 15 is 0 Å². The van der Waals surface area contributed by atoms with Crippen molar-refractivity contribution in [3.05, 3.63) is 37.0 Å². The number of hydrogen-bond acceptors (Lipinski definition) is 7. The fraction of sp³-hybridized carbons (Fsp3) is 0.308. The molecule has 1 aliphatic rings. The predicted octanol–water partition coefficient (Wildman–Crippen LogP) is -0.842. The van der Waals surface area contributed by atoms with Crippen molar-refractivity contribution in [2.75, 3.05) is 5.73 Å². The lowest BCUT2D eigenvalue weighted by molar-refractivity contribution is 0.0254. The molecule has 0 spiro atoms. The number of rotatable bonds is 3. The number of hydrogen-bond donors (Lipinski definition) is 4. The molecular formula is C13H15N5O3. The summed E-state index contributed by atoms with van der Waals surface area (Å²) in [6, 6.07) is -0.608. The highest BCUT2D eigenvalue weighted by Gasteiger charge is 2.38. The molecule has 0 saturated heterocycles. The van der Waals surface area contributed by atoms with Crippen LogP contribution in [0.2, 0.25) is 0 Å². The maximum Gasteiger partial charge on any atom is 0.166 e. The molecule has 0 aliphatic heterocycles. The van der Waals surface area contributed by atoms with Crippen LogP contribution in [0.15, 0.2) is 37.0 Å². The van der Waals surface area contributed by atoms with Crippen LogP contribution in [-0.4, -0.2) is 53.2 Å². The third-order valence-corrected chi connectivity index (χ3v) is 3.65. The number of aromatic nitrogens is 4. The Hall–Kier alpha value is -2.29. The summed E-state index contributed by atoms with van der Waals surface area (Å²) >= 11 is 0. The lowest BCUT2D eigenvalue weighted by Gasteiger charge is -2.19. The maximum atomic E-state index is 10.2. The molecule has 2 heterocycles. The Labute approximate surface area is 119 Å². The van der Waals surface area contributed by atoms with Crippen molar-refractivity contribution in [2.45, 2.75) is 24.4 Å². The van der Waals surface area contributed by atoms with E-state index < -0.39 is 24.4 Å². The van der Waals surface area contributed by atoms with E-state index in [1.54, 1.807) is 10.6 Å². The van der Waals surface area contributed by atoms with Gasteiger partial charge in [-0.05, 0) is 5.57 Å². The van der Waals surface area contributed by atoms with Crippen molar-refractivity contribution >= 4 is 17.0 Å². The van der Waals surface area contributed by atoms with Gasteiger partial charge in [-0.25, -0.2) is 15.0 Å². The number of imidazole rings is 1. The van der Waals surface area contributed by atoms with Crippen LogP contribution in [-0.2, 0) is 0 Å². The van der Waals surface area contributed by atoms with Crippen molar-refractivity contribution in [1.29, 1.82) is 0 Å². The molecule has 110 valence electrons. The first-order chi connectivity index (χ1) is 10.0. The largest absolute Gasteiger partial charge is 0.388 e. The second-order valence-corrected chi connectivity index (χ2v) is 4.86. The molecule has 1 aliphatic carbocycles. The average Bonchev–Trinajstić information content (AvgIpc) is 3.02. The van der Waals surface area contributed by atoms with Crippen LogP contribution < -0.4 is 5.73 Å². The number of fused-ring (bicyclic) bond motifs is 1. The monoisotopic (exact) mass is 289 g/mol. The summed E-state index contributed by atoms with van der Waals surface area (Å²) in [7, 11) is 0. The van der Waals surface area contributed by atoms with E-state index in [4.69, 9.17) is 5.73 Å². The second kappa shape index (κ2) is 4.92. The smallest absolute Gasteiger partial charge is 0.166 e. The number of anilines is 1. The maximum absolute atomic E-state index is 10.2. The number of aliphatic hydroxyl groups is 3. The minimum Gasteiger partial charge on any atom is -0.388 e. The van der Waals surface area contributed by atoms with E-state index in [1.807, 2.05) is 0 Å². The van der Waals surface area contributed by atoms with Crippen molar-refractivity contribution in [1.82, 2.24) is 19.5 Å². The molecule has 0 fully saturated rings. The fourth-order valence-electron chi connectivity index (χ4n) is 2.52. The molecule has 0 aromatic carbocycles. The second-order valence-electron chi connectivity index (χ2n) is 4.86. The van der Waals surface area contributed by atoms with E-state index in [1.165, 1.54) is 18.7 Å². The highest BCUT2D eigenvalue weighted by molar-refractivity contribution is 5.81. The van der Waals surface area contributed by atoms with E-state index in [0.29, 0.717) is 16.7 Å². The molecule has 0 amide bonds. The summed E-state index contributed by atoms with van der Waals surface area (Å²) in [5.74, 6) is 0.238. The van der Waals surface area contributed by atoms with Crippen LogP contribution in [0, 0.1) is 0 Å². The zero-order valence-corrected chi connectivity index (χ0v) is 11.0. The fourth-order valence-corrected chi connectivity index (χ4v) is 2.52. The van der Waals surface area contributed by atoms with Crippen molar-refractivity contribution in [3.63, 3.8) is 0 Å². The Morgan fingerprint density at radius 1 is 1.33 bits per heavy atom. The van der Waals surface area contributed by atoms with Gasteiger partial charge in [0.1, 0.15) is 24.1 Å². The van der Waals surface area contributed by atoms with Gasteiger partial charge < -0.3 is 25.6 Å². The third-order valence-electron chi connectivity index (χ3n) is 3.65. The minimum absolute atomic E-state index is 0.238. The van der Waals surface area contributed by atoms with Gasteiger partial charge in [0.25, 0.3) is 0 Å². The summed E-state index contributed by atoms with van der Waals surface area (Å²) in [6.45, 7) is 3.47. The van der Waals surface area contributed by atoms with E-state index in [2.05, 4.69) is 21.5 Å². The van der Waals surface area contributed by atoms with Crippen LogP contribution in [0.4, 0.5) is 5.82 Å². The molecule has 3 rings (SSSR count). The van der Waals surface area contributed by atoms with E-state index in [9.17, 15) is 15.3 Å². The first kappa shape index (κ1) is 13.7. The average molecular weight is 289 g/mol. The van der Waals surface area contributed by atoms with Crippen LogP contribution in [0.3, 0.4) is 0 Å². The first-order valence-electron chi connectivity index (χ1n) is 6.36. The molecule has 0 unspecified atom stereocenters. The lowest BCUT2D eigenvalue weighted by Crippen LogP contribution is -2.31. The van der Waals surface area contributed by atoms with Gasteiger partial charge in [0.2, 0.25) is 0 Å². The van der Waals surface area contributed by atoms with Crippen molar-refractivity contribution in [2.24, 2.45) is 0 Å². The zero-order chi connectivity index (χ0) is 15.1. The van der Waals surface area contributed by atoms with Crippen LogP contribution in [0.25, 0.3) is 11.2 Å². The topological polar surface area (TPSA) is 130 Å². The Morgan fingerprint density at radius 3 is 2.81 bits per heavy atom. The Kier molecular flexibility index (Phi) is 3.20. The summed E-state index contributed by atoms with van der Waals surface area (Å²) in [4.78, 5) is 12.1. The predicted molar refractivity (Wildman–Crippen MR) is 75.1 cm³/mol. The Bertz CT molecular complexity index is 726. The first-order valence-corrected chi connectivity index (χ1v) is 6.36. The van der Waals surface area contributed by atoms with Crippen molar-refractivity contribution < 1.29 is 15.3 Å². The summed E-state index contributed by atoms with van der Waals surface area (Å²) in [6.07, 6.45) is 2.32. The third kappa shape index (κ3) is 2.00. The van der Waals surface area contributed by atoms with Gasteiger partial charge in [-0.3, -0.25) is 0 Å². The molecule has 8 nitrogen and oxygen atoms in total. The Morgan fingerprint density at radius 2 is 2.10 bits per heavy atom. The molecule has 4 atom stereocenters. The lowest BCUT2D eigenvalue weighted by atomic mass is 10.1. The number of nitrogen functional groups attached to an aromatic ring is 1. The number of aliphatic hydroxyl groups excluding tert-OH is 3. The van der Waals surface area contributed by atoms with Crippen molar-refractivity contribution in [3.8, 4) is 0 Å². The Balaban J connectivity index is 2.08. The number of nitrogens with zero attached hydrogens (tertiary/aromatic N) is 4. The van der Waals surface area contributed by atoms with Gasteiger partial charge in [0.15, 0.2) is 11.5 Å². The zero-order valence-electron chi connectivity index (χ0n) is 11.0. The highest BCUT2D eigenvalue weighted by atomic mass is 16.3. The quantitative estimate of drug-likeness (QED) is 0.542. The molecule has 2 aromatic rings. The van der Waals surface area contributed by atoms with Crippen LogP contribution >= 0.6 is 0 Å². The normalized spacial score (nSPS) is 26.8. The standard InChI is InChI=1S/C13H15N5O3/c1-2-8(19)6-3-7(11(21)10(6)20)18-5-17-9-12(14)15-4-16-13(9)18/h2-5,7-8,10-11,19-21H,1H2,(H2,14,15,16)/t7-,8-,10-,11+/m1/s1. The summed E-state index contributed by atoms with van der Waals surface area (Å²) in [5.41, 5.74) is 6.89. The van der Waals surface area contributed by atoms with E-state index in [-0.39, 0.29) is 5.82 Å².